The summed E-state index contributed by atoms with van der Waals surface area (Å²) in [5.74, 6) is 0.910. The lowest BCUT2D eigenvalue weighted by Gasteiger charge is -2.36. The molecular weight excluding hydrogens is 270 g/mol. The number of piperidine rings is 1. The van der Waals surface area contributed by atoms with E-state index in [4.69, 9.17) is 10.3 Å². The molecule has 0 spiro atoms. The molecule has 8 nitrogen and oxygen atoms in total. The third-order valence-electron chi connectivity index (χ3n) is 3.25. The molecule has 2 rings (SSSR count). The highest BCUT2D eigenvalue weighted by molar-refractivity contribution is 7.87. The van der Waals surface area contributed by atoms with Gasteiger partial charge in [0.25, 0.3) is 10.2 Å². The maximum absolute atomic E-state index is 11.9. The van der Waals surface area contributed by atoms with E-state index in [1.54, 1.807) is 13.8 Å². The summed E-state index contributed by atoms with van der Waals surface area (Å²) in [6.45, 7) is 4.51. The van der Waals surface area contributed by atoms with Crippen LogP contribution in [-0.4, -0.2) is 42.5 Å². The average Bonchev–Trinajstić information content (AvgIpc) is 2.77. The summed E-state index contributed by atoms with van der Waals surface area (Å²) in [5, 5.41) is 3.84. The van der Waals surface area contributed by atoms with Crippen molar-refractivity contribution in [2.24, 2.45) is 5.73 Å². The van der Waals surface area contributed by atoms with Gasteiger partial charge in [-0.2, -0.15) is 17.7 Å². The summed E-state index contributed by atoms with van der Waals surface area (Å²) in [4.78, 5) is 4.14. The molecule has 0 amide bonds. The van der Waals surface area contributed by atoms with Crippen LogP contribution in [0.25, 0.3) is 0 Å². The van der Waals surface area contributed by atoms with Gasteiger partial charge in [-0.3, -0.25) is 0 Å². The third-order valence-corrected chi connectivity index (χ3v) is 4.95. The third kappa shape index (κ3) is 2.94. The molecule has 0 aliphatic carbocycles. The van der Waals surface area contributed by atoms with Gasteiger partial charge in [0.15, 0.2) is 5.82 Å². The van der Waals surface area contributed by atoms with Crippen molar-refractivity contribution in [3.05, 3.63) is 11.7 Å². The van der Waals surface area contributed by atoms with Crippen molar-refractivity contribution in [3.63, 3.8) is 0 Å². The molecule has 0 radical (unpaired) electrons. The minimum atomic E-state index is -3.40. The Bertz CT molecular complexity index is 533. The van der Waals surface area contributed by atoms with E-state index in [2.05, 4.69) is 14.9 Å². The maximum Gasteiger partial charge on any atom is 0.279 e. The van der Waals surface area contributed by atoms with Crippen LogP contribution in [0.3, 0.4) is 0 Å². The molecule has 19 heavy (non-hydrogen) atoms. The second-order valence-corrected chi connectivity index (χ2v) is 6.45. The van der Waals surface area contributed by atoms with E-state index in [-0.39, 0.29) is 0 Å². The first kappa shape index (κ1) is 14.4. The van der Waals surface area contributed by atoms with Gasteiger partial charge in [-0.15, -0.1) is 0 Å². The Balaban J connectivity index is 2.06. The lowest BCUT2D eigenvalue weighted by atomic mass is 9.89. The highest BCUT2D eigenvalue weighted by Crippen LogP contribution is 2.29. The number of rotatable bonds is 4. The van der Waals surface area contributed by atoms with Gasteiger partial charge in [0.2, 0.25) is 5.89 Å². The minimum Gasteiger partial charge on any atom is -0.340 e. The van der Waals surface area contributed by atoms with E-state index in [0.717, 1.165) is 0 Å². The first-order valence-electron chi connectivity index (χ1n) is 6.22. The fraction of sp³-hybridized carbons (Fsp3) is 0.800. The normalized spacial score (nSPS) is 20.6. The van der Waals surface area contributed by atoms with Gasteiger partial charge in [-0.05, 0) is 12.8 Å². The second-order valence-electron chi connectivity index (χ2n) is 4.70. The van der Waals surface area contributed by atoms with Crippen LogP contribution in [-0.2, 0) is 15.7 Å². The van der Waals surface area contributed by atoms with Crippen molar-refractivity contribution in [3.8, 4) is 0 Å². The molecule has 1 aromatic rings. The molecule has 0 unspecified atom stereocenters. The molecule has 0 saturated carbocycles. The highest BCUT2D eigenvalue weighted by Gasteiger charge is 2.39. The van der Waals surface area contributed by atoms with Crippen LogP contribution >= 0.6 is 0 Å². The summed E-state index contributed by atoms with van der Waals surface area (Å²) in [6.07, 6.45) is 0.938. The van der Waals surface area contributed by atoms with Crippen molar-refractivity contribution in [1.29, 1.82) is 0 Å². The molecular formula is C10H19N5O3S. The molecule has 108 valence electrons. The van der Waals surface area contributed by atoms with Crippen LogP contribution in [0.2, 0.25) is 0 Å². The Hall–Kier alpha value is -1.03. The predicted octanol–water partition coefficient (Wildman–Crippen LogP) is -0.518. The number of nitrogens with two attached hydrogens (primary N) is 1. The standard InChI is InChI=1S/C10H19N5O3S/c1-3-12-19(16,17)15-6-4-10(11,5-7-15)9-13-8(2)18-14-9/h12H,3-7,11H2,1-2H3. The molecule has 3 N–H and O–H groups in total. The number of aryl methyl sites for hydroxylation is 1. The smallest absolute Gasteiger partial charge is 0.279 e. The Morgan fingerprint density at radius 1 is 1.47 bits per heavy atom. The summed E-state index contributed by atoms with van der Waals surface area (Å²) in [7, 11) is -3.40. The summed E-state index contributed by atoms with van der Waals surface area (Å²) in [5.41, 5.74) is 5.53. The molecule has 0 aromatic carbocycles. The van der Waals surface area contributed by atoms with E-state index in [0.29, 0.717) is 44.2 Å². The predicted molar refractivity (Wildman–Crippen MR) is 68.3 cm³/mol. The van der Waals surface area contributed by atoms with Gasteiger partial charge >= 0.3 is 0 Å². The number of hydrogen-bond acceptors (Lipinski definition) is 6. The van der Waals surface area contributed by atoms with Crippen LogP contribution in [0.4, 0.5) is 0 Å². The fourth-order valence-electron chi connectivity index (χ4n) is 2.12. The quantitative estimate of drug-likeness (QED) is 0.771. The zero-order valence-corrected chi connectivity index (χ0v) is 11.9. The molecule has 0 atom stereocenters. The van der Waals surface area contributed by atoms with Crippen molar-refractivity contribution >= 4 is 10.2 Å². The van der Waals surface area contributed by atoms with Gasteiger partial charge in [0.05, 0.1) is 5.54 Å². The zero-order valence-electron chi connectivity index (χ0n) is 11.1. The van der Waals surface area contributed by atoms with E-state index >= 15 is 0 Å². The summed E-state index contributed by atoms with van der Waals surface area (Å²) in [6, 6.07) is 0. The molecule has 1 aliphatic heterocycles. The van der Waals surface area contributed by atoms with Gasteiger partial charge in [0.1, 0.15) is 0 Å². The van der Waals surface area contributed by atoms with Crippen molar-refractivity contribution in [1.82, 2.24) is 19.2 Å². The number of nitrogens with zero attached hydrogens (tertiary/aromatic N) is 3. The highest BCUT2D eigenvalue weighted by atomic mass is 32.2. The lowest BCUT2D eigenvalue weighted by molar-refractivity contribution is 0.221. The first-order chi connectivity index (χ1) is 8.87. The zero-order chi connectivity index (χ0) is 14.1. The van der Waals surface area contributed by atoms with Crippen molar-refractivity contribution < 1.29 is 12.9 Å². The van der Waals surface area contributed by atoms with E-state index < -0.39 is 15.7 Å². The van der Waals surface area contributed by atoms with Crippen molar-refractivity contribution in [2.75, 3.05) is 19.6 Å². The largest absolute Gasteiger partial charge is 0.340 e. The van der Waals surface area contributed by atoms with Crippen LogP contribution in [0.1, 0.15) is 31.5 Å². The first-order valence-corrected chi connectivity index (χ1v) is 7.66. The van der Waals surface area contributed by atoms with Gasteiger partial charge in [-0.1, -0.05) is 12.1 Å². The molecule has 1 aliphatic rings. The lowest BCUT2D eigenvalue weighted by Crippen LogP contribution is -2.52. The average molecular weight is 289 g/mol. The molecule has 9 heteroatoms. The number of nitrogens with one attached hydrogen (secondary N) is 1. The van der Waals surface area contributed by atoms with Crippen molar-refractivity contribution in [2.45, 2.75) is 32.2 Å². The van der Waals surface area contributed by atoms with Crippen LogP contribution < -0.4 is 10.5 Å². The Kier molecular flexibility index (Phi) is 3.90. The van der Waals surface area contributed by atoms with Gasteiger partial charge in [0, 0.05) is 26.6 Å². The topological polar surface area (TPSA) is 114 Å². The SMILES string of the molecule is CCNS(=O)(=O)N1CCC(N)(c2noc(C)n2)CC1. The second kappa shape index (κ2) is 5.16. The molecule has 2 heterocycles. The number of hydrogen-bond donors (Lipinski definition) is 2. The van der Waals surface area contributed by atoms with E-state index in [9.17, 15) is 8.42 Å². The van der Waals surface area contributed by atoms with Gasteiger partial charge < -0.3 is 10.3 Å². The molecule has 1 aromatic heterocycles. The number of aromatic nitrogens is 2. The summed E-state index contributed by atoms with van der Waals surface area (Å²) >= 11 is 0. The Morgan fingerprint density at radius 2 is 2.11 bits per heavy atom. The molecule has 1 saturated heterocycles. The molecule has 0 bridgehead atoms. The van der Waals surface area contributed by atoms with E-state index in [1.165, 1.54) is 4.31 Å². The monoisotopic (exact) mass is 289 g/mol. The van der Waals surface area contributed by atoms with Crippen LogP contribution in [0, 0.1) is 6.92 Å². The fourth-order valence-corrected chi connectivity index (χ4v) is 3.34. The molecule has 1 fully saturated rings. The maximum atomic E-state index is 11.9. The van der Waals surface area contributed by atoms with Gasteiger partial charge in [-0.25, -0.2) is 4.72 Å². The Labute approximate surface area is 112 Å². The van der Waals surface area contributed by atoms with Crippen LogP contribution in [0.15, 0.2) is 4.52 Å². The Morgan fingerprint density at radius 3 is 2.58 bits per heavy atom. The summed E-state index contributed by atoms with van der Waals surface area (Å²) < 4.78 is 32.5. The minimum absolute atomic E-state index is 0.347. The van der Waals surface area contributed by atoms with E-state index in [1.807, 2.05) is 0 Å². The van der Waals surface area contributed by atoms with Crippen LogP contribution in [0.5, 0.6) is 0 Å².